The van der Waals surface area contributed by atoms with E-state index >= 15 is 0 Å². The lowest BCUT2D eigenvalue weighted by Gasteiger charge is -2.12. The number of hydrogen-bond acceptors (Lipinski definition) is 9. The van der Waals surface area contributed by atoms with Crippen molar-refractivity contribution in [2.24, 2.45) is 0 Å². The van der Waals surface area contributed by atoms with Crippen LogP contribution < -0.4 is 31.6 Å². The molecule has 3 rings (SSSR count). The fourth-order valence-corrected chi connectivity index (χ4v) is 3.90. The van der Waals surface area contributed by atoms with Crippen molar-refractivity contribution in [1.29, 1.82) is 5.41 Å². The Bertz CT molecular complexity index is 1300. The van der Waals surface area contributed by atoms with E-state index in [1.807, 2.05) is 30.3 Å². The summed E-state index contributed by atoms with van der Waals surface area (Å²) in [4.78, 5) is 19.7. The molecule has 0 radical (unpaired) electrons. The van der Waals surface area contributed by atoms with Gasteiger partial charge in [-0.2, -0.15) is 0 Å². The number of anilines is 2. The second-order valence-corrected chi connectivity index (χ2v) is 9.16. The summed E-state index contributed by atoms with van der Waals surface area (Å²) in [6.07, 6.45) is 0. The molecule has 0 saturated carbocycles. The molecule has 184 valence electrons. The zero-order valence-electron chi connectivity index (χ0n) is 18.3. The molecule has 0 aliphatic rings. The summed E-state index contributed by atoms with van der Waals surface area (Å²) in [6.45, 7) is 0.326. The lowest BCUT2D eigenvalue weighted by Crippen LogP contribution is -2.43. The summed E-state index contributed by atoms with van der Waals surface area (Å²) in [5.41, 5.74) is 11.7. The van der Waals surface area contributed by atoms with Crippen molar-refractivity contribution in [3.05, 3.63) is 71.0 Å². The first-order valence-electron chi connectivity index (χ1n) is 10.1. The van der Waals surface area contributed by atoms with Crippen molar-refractivity contribution >= 4 is 45.1 Å². The number of carbonyl (C=O) groups is 1. The van der Waals surface area contributed by atoms with Gasteiger partial charge in [0.2, 0.25) is 10.0 Å². The fourth-order valence-electron chi connectivity index (χ4n) is 2.74. The number of nitrogens with one attached hydrogen (secondary N) is 4. The van der Waals surface area contributed by atoms with Crippen LogP contribution in [0.2, 0.25) is 5.15 Å². The molecule has 12 nitrogen and oxygen atoms in total. The smallest absolute Gasteiger partial charge is 0.280 e. The summed E-state index contributed by atoms with van der Waals surface area (Å²) in [5.74, 6) is -1.07. The third kappa shape index (κ3) is 7.27. The Balaban J connectivity index is 1.44. The minimum Gasteiger partial charge on any atom is -0.489 e. The third-order valence-corrected chi connectivity index (χ3v) is 6.21. The van der Waals surface area contributed by atoms with Gasteiger partial charge in [0.1, 0.15) is 12.4 Å². The highest BCUT2D eigenvalue weighted by molar-refractivity contribution is 7.89. The summed E-state index contributed by atoms with van der Waals surface area (Å²) < 4.78 is 33.0. The number of amides is 1. The molecule has 0 atom stereocenters. The second-order valence-electron chi connectivity index (χ2n) is 7.03. The Kier molecular flexibility index (Phi) is 8.41. The van der Waals surface area contributed by atoms with Crippen LogP contribution in [0.4, 0.5) is 11.6 Å². The normalized spacial score (nSPS) is 11.0. The van der Waals surface area contributed by atoms with Gasteiger partial charge in [0.15, 0.2) is 28.4 Å². The zero-order valence-corrected chi connectivity index (χ0v) is 19.9. The number of halogens is 1. The van der Waals surface area contributed by atoms with Crippen LogP contribution in [0.1, 0.15) is 16.1 Å². The number of sulfonamides is 1. The van der Waals surface area contributed by atoms with E-state index in [1.54, 1.807) is 12.1 Å². The molecule has 1 heterocycles. The average Bonchev–Trinajstić information content (AvgIpc) is 2.83. The lowest BCUT2D eigenvalue weighted by atomic mass is 10.2. The molecule has 0 aliphatic heterocycles. The van der Waals surface area contributed by atoms with Gasteiger partial charge in [-0.25, -0.2) is 23.1 Å². The van der Waals surface area contributed by atoms with Crippen molar-refractivity contribution in [2.75, 3.05) is 24.6 Å². The number of carbonyl (C=O) groups excluding carboxylic acids is 1. The highest BCUT2D eigenvalue weighted by atomic mass is 35.5. The van der Waals surface area contributed by atoms with Gasteiger partial charge in [0.05, 0.1) is 4.90 Å². The lowest BCUT2D eigenvalue weighted by molar-refractivity contribution is 0.0971. The number of hydrogen-bond donors (Lipinski definition) is 6. The minimum absolute atomic E-state index is 0.0142. The van der Waals surface area contributed by atoms with Gasteiger partial charge in [0.25, 0.3) is 5.91 Å². The van der Waals surface area contributed by atoms with E-state index < -0.39 is 21.9 Å². The molecule has 3 aromatic rings. The van der Waals surface area contributed by atoms with Crippen molar-refractivity contribution in [2.45, 2.75) is 11.5 Å². The van der Waals surface area contributed by atoms with Gasteiger partial charge in [-0.05, 0) is 29.8 Å². The van der Waals surface area contributed by atoms with E-state index in [0.717, 1.165) is 5.56 Å². The Labute approximate surface area is 206 Å². The predicted molar refractivity (Wildman–Crippen MR) is 131 cm³/mol. The van der Waals surface area contributed by atoms with E-state index in [0.29, 0.717) is 12.4 Å². The maximum Gasteiger partial charge on any atom is 0.280 e. The van der Waals surface area contributed by atoms with Gasteiger partial charge in [0, 0.05) is 13.1 Å². The van der Waals surface area contributed by atoms with Gasteiger partial charge < -0.3 is 21.5 Å². The number of rotatable bonds is 9. The fraction of sp³-hybridized carbons (Fsp3) is 0.143. The number of aromatic nitrogens is 2. The Morgan fingerprint density at radius 3 is 2.37 bits per heavy atom. The maximum absolute atomic E-state index is 12.5. The SMILES string of the molecule is N=C(NCCNS(=O)(=O)c1ccc(OCc2ccccc2)cc1)NC(=O)c1nc(Cl)c(N)nc1N. The van der Waals surface area contributed by atoms with Crippen LogP contribution in [0.15, 0.2) is 59.5 Å². The first kappa shape index (κ1) is 25.7. The van der Waals surface area contributed by atoms with E-state index in [2.05, 4.69) is 25.3 Å². The second kappa shape index (κ2) is 11.5. The van der Waals surface area contributed by atoms with Crippen molar-refractivity contribution in [3.8, 4) is 5.75 Å². The molecule has 0 bridgehead atoms. The molecule has 1 aromatic heterocycles. The van der Waals surface area contributed by atoms with Gasteiger partial charge in [-0.1, -0.05) is 41.9 Å². The number of nitrogen functional groups attached to an aromatic ring is 2. The average molecular weight is 519 g/mol. The maximum atomic E-state index is 12.5. The summed E-state index contributed by atoms with van der Waals surface area (Å²) in [7, 11) is -3.79. The van der Waals surface area contributed by atoms with Crippen LogP contribution in [0.5, 0.6) is 5.75 Å². The molecule has 1 amide bonds. The standard InChI is InChI=1S/C21H23ClN8O4S/c22-17-19(24)29-18(23)16(28-17)20(31)30-21(25)26-10-11-27-35(32,33)15-8-6-14(7-9-15)34-12-13-4-2-1-3-5-13/h1-9,27H,10-12H2,(H4,23,24,29)(H3,25,26,30,31). The number of benzene rings is 2. The van der Waals surface area contributed by atoms with E-state index in [4.69, 9.17) is 33.2 Å². The molecule has 0 spiro atoms. The van der Waals surface area contributed by atoms with Crippen molar-refractivity contribution in [3.63, 3.8) is 0 Å². The molecule has 0 fully saturated rings. The molecule has 0 unspecified atom stereocenters. The molecule has 35 heavy (non-hydrogen) atoms. The van der Waals surface area contributed by atoms with Crippen LogP contribution in [-0.2, 0) is 16.6 Å². The van der Waals surface area contributed by atoms with Gasteiger partial charge in [-0.3, -0.25) is 15.5 Å². The van der Waals surface area contributed by atoms with Crippen LogP contribution in [0.25, 0.3) is 0 Å². The van der Waals surface area contributed by atoms with Crippen molar-refractivity contribution in [1.82, 2.24) is 25.3 Å². The van der Waals surface area contributed by atoms with Crippen LogP contribution in [0, 0.1) is 5.41 Å². The number of nitrogens with two attached hydrogens (primary N) is 2. The number of guanidine groups is 1. The number of nitrogens with zero attached hydrogens (tertiary/aromatic N) is 2. The largest absolute Gasteiger partial charge is 0.489 e. The van der Waals surface area contributed by atoms with E-state index in [-0.39, 0.29) is 40.5 Å². The first-order valence-corrected chi connectivity index (χ1v) is 12.0. The highest BCUT2D eigenvalue weighted by Gasteiger charge is 2.17. The summed E-state index contributed by atoms with van der Waals surface area (Å²) >= 11 is 5.74. The molecule has 2 aromatic carbocycles. The molecule has 14 heteroatoms. The van der Waals surface area contributed by atoms with Gasteiger partial charge in [-0.15, -0.1) is 0 Å². The van der Waals surface area contributed by atoms with Gasteiger partial charge >= 0.3 is 0 Å². The van der Waals surface area contributed by atoms with Crippen LogP contribution in [0.3, 0.4) is 0 Å². The minimum atomic E-state index is -3.79. The quantitative estimate of drug-likeness (QED) is 0.136. The summed E-state index contributed by atoms with van der Waals surface area (Å²) in [5, 5.41) is 12.3. The first-order chi connectivity index (χ1) is 16.7. The molecule has 0 saturated heterocycles. The molecule has 0 aliphatic carbocycles. The Morgan fingerprint density at radius 2 is 1.69 bits per heavy atom. The number of ether oxygens (including phenoxy) is 1. The van der Waals surface area contributed by atoms with Crippen LogP contribution >= 0.6 is 11.6 Å². The summed E-state index contributed by atoms with van der Waals surface area (Å²) in [6, 6.07) is 15.6. The monoisotopic (exact) mass is 518 g/mol. The molecule has 8 N–H and O–H groups in total. The Morgan fingerprint density at radius 1 is 1.00 bits per heavy atom. The van der Waals surface area contributed by atoms with Crippen molar-refractivity contribution < 1.29 is 17.9 Å². The van der Waals surface area contributed by atoms with E-state index in [9.17, 15) is 13.2 Å². The molecular weight excluding hydrogens is 496 g/mol. The van der Waals surface area contributed by atoms with Crippen LogP contribution in [-0.4, -0.2) is 43.3 Å². The highest BCUT2D eigenvalue weighted by Crippen LogP contribution is 2.18. The van der Waals surface area contributed by atoms with E-state index in [1.165, 1.54) is 12.1 Å². The third-order valence-electron chi connectivity index (χ3n) is 4.46. The molecular formula is C21H23ClN8O4S. The Hall–Kier alpha value is -3.94. The topological polar surface area (TPSA) is 198 Å². The predicted octanol–water partition coefficient (Wildman–Crippen LogP) is 1.11. The zero-order chi connectivity index (χ0) is 25.4.